The van der Waals surface area contributed by atoms with Crippen LogP contribution in [0, 0.1) is 0 Å². The highest BCUT2D eigenvalue weighted by Crippen LogP contribution is 2.38. The first-order valence-electron chi connectivity index (χ1n) is 8.77. The summed E-state index contributed by atoms with van der Waals surface area (Å²) in [6.45, 7) is 7.76. The van der Waals surface area contributed by atoms with Crippen LogP contribution < -0.4 is 5.46 Å². The summed E-state index contributed by atoms with van der Waals surface area (Å²) in [6.07, 6.45) is 1.44. The van der Waals surface area contributed by atoms with Gasteiger partial charge < -0.3 is 9.31 Å². The minimum Gasteiger partial charge on any atom is -0.399 e. The SMILES string of the molecule is CC1(C)OB(c2ccc(C(F)(F)F)cc2C2=CCCCC2)OC1(C)C. The largest absolute Gasteiger partial charge is 0.495 e. The van der Waals surface area contributed by atoms with E-state index in [-0.39, 0.29) is 0 Å². The molecule has 0 amide bonds. The minimum absolute atomic E-state index is 0.529. The van der Waals surface area contributed by atoms with Crippen LogP contribution in [-0.2, 0) is 15.5 Å². The van der Waals surface area contributed by atoms with Gasteiger partial charge >= 0.3 is 13.3 Å². The molecule has 0 spiro atoms. The number of allylic oxidation sites excluding steroid dienone is 2. The number of alkyl halides is 3. The smallest absolute Gasteiger partial charge is 0.399 e. The van der Waals surface area contributed by atoms with Crippen molar-refractivity contribution in [3.05, 3.63) is 35.4 Å². The number of benzene rings is 1. The van der Waals surface area contributed by atoms with E-state index < -0.39 is 30.1 Å². The van der Waals surface area contributed by atoms with Gasteiger partial charge in [0.2, 0.25) is 0 Å². The highest BCUT2D eigenvalue weighted by atomic mass is 19.4. The number of hydrogen-bond acceptors (Lipinski definition) is 2. The van der Waals surface area contributed by atoms with Gasteiger partial charge in [-0.15, -0.1) is 0 Å². The molecule has 0 aromatic heterocycles. The maximum Gasteiger partial charge on any atom is 0.495 e. The molecule has 136 valence electrons. The lowest BCUT2D eigenvalue weighted by atomic mass is 9.72. The first-order valence-corrected chi connectivity index (χ1v) is 8.77. The quantitative estimate of drug-likeness (QED) is 0.701. The van der Waals surface area contributed by atoms with Crippen molar-refractivity contribution in [1.29, 1.82) is 0 Å². The minimum atomic E-state index is -4.36. The lowest BCUT2D eigenvalue weighted by molar-refractivity contribution is -0.137. The van der Waals surface area contributed by atoms with E-state index in [4.69, 9.17) is 9.31 Å². The zero-order valence-electron chi connectivity index (χ0n) is 15.2. The maximum atomic E-state index is 13.2. The van der Waals surface area contributed by atoms with Gasteiger partial charge in [-0.1, -0.05) is 18.2 Å². The fourth-order valence-corrected chi connectivity index (χ4v) is 3.27. The zero-order valence-corrected chi connectivity index (χ0v) is 15.2. The van der Waals surface area contributed by atoms with Gasteiger partial charge in [-0.2, -0.15) is 13.2 Å². The van der Waals surface area contributed by atoms with Crippen molar-refractivity contribution in [2.45, 2.75) is 70.8 Å². The van der Waals surface area contributed by atoms with Gasteiger partial charge in [-0.25, -0.2) is 0 Å². The third kappa shape index (κ3) is 3.51. The van der Waals surface area contributed by atoms with Gasteiger partial charge in [-0.3, -0.25) is 0 Å². The van der Waals surface area contributed by atoms with Crippen LogP contribution in [0.4, 0.5) is 13.2 Å². The topological polar surface area (TPSA) is 18.5 Å². The van der Waals surface area contributed by atoms with Crippen LogP contribution in [-0.4, -0.2) is 18.3 Å². The van der Waals surface area contributed by atoms with Crippen molar-refractivity contribution in [1.82, 2.24) is 0 Å². The molecule has 1 heterocycles. The van der Waals surface area contributed by atoms with E-state index in [2.05, 4.69) is 0 Å². The number of rotatable bonds is 2. The molecule has 1 aliphatic carbocycles. The molecule has 1 fully saturated rings. The van der Waals surface area contributed by atoms with Gasteiger partial charge in [0, 0.05) is 0 Å². The van der Waals surface area contributed by atoms with Gasteiger partial charge in [0.15, 0.2) is 0 Å². The summed E-state index contributed by atoms with van der Waals surface area (Å²) in [5, 5.41) is 0. The Labute approximate surface area is 147 Å². The average Bonchev–Trinajstić information content (AvgIpc) is 2.75. The van der Waals surface area contributed by atoms with E-state index in [1.807, 2.05) is 33.8 Å². The number of halogens is 3. The van der Waals surface area contributed by atoms with Gasteiger partial charge in [0.1, 0.15) is 0 Å². The first-order chi connectivity index (χ1) is 11.5. The summed E-state index contributed by atoms with van der Waals surface area (Å²) in [5.74, 6) is 0. The highest BCUT2D eigenvalue weighted by molar-refractivity contribution is 6.63. The predicted octanol–water partition coefficient (Wildman–Crippen LogP) is 4.96. The Balaban J connectivity index is 2.06. The van der Waals surface area contributed by atoms with Crippen LogP contribution >= 0.6 is 0 Å². The van der Waals surface area contributed by atoms with E-state index in [0.29, 0.717) is 11.0 Å². The van der Waals surface area contributed by atoms with Gasteiger partial charge in [0.05, 0.1) is 16.8 Å². The van der Waals surface area contributed by atoms with Crippen LogP contribution in [0.1, 0.15) is 64.5 Å². The van der Waals surface area contributed by atoms with Crippen molar-refractivity contribution in [3.63, 3.8) is 0 Å². The lowest BCUT2D eigenvalue weighted by Gasteiger charge is -2.32. The van der Waals surface area contributed by atoms with Crippen LogP contribution in [0.3, 0.4) is 0 Å². The monoisotopic (exact) mass is 352 g/mol. The molecule has 0 atom stereocenters. The predicted molar refractivity (Wildman–Crippen MR) is 93.6 cm³/mol. The summed E-state index contributed by atoms with van der Waals surface area (Å²) in [6, 6.07) is 3.88. The summed E-state index contributed by atoms with van der Waals surface area (Å²) in [5.41, 5.74) is 0.557. The van der Waals surface area contributed by atoms with E-state index >= 15 is 0 Å². The van der Waals surface area contributed by atoms with Crippen molar-refractivity contribution in [3.8, 4) is 0 Å². The molecule has 0 saturated carbocycles. The highest BCUT2D eigenvalue weighted by Gasteiger charge is 2.52. The molecular formula is C19H24BF3O2. The third-order valence-electron chi connectivity index (χ3n) is 5.52. The van der Waals surface area contributed by atoms with E-state index in [9.17, 15) is 13.2 Å². The Morgan fingerprint density at radius 3 is 2.16 bits per heavy atom. The number of hydrogen-bond donors (Lipinski definition) is 0. The Bertz CT molecular complexity index is 676. The standard InChI is InChI=1S/C19H24BF3O2/c1-17(2)18(3,4)25-20(24-17)16-11-10-14(19(21,22)23)12-15(16)13-8-6-5-7-9-13/h8,10-12H,5-7,9H2,1-4H3. The molecular weight excluding hydrogens is 328 g/mol. The molecule has 1 aromatic carbocycles. The summed E-state index contributed by atoms with van der Waals surface area (Å²) < 4.78 is 51.8. The summed E-state index contributed by atoms with van der Waals surface area (Å²) >= 11 is 0. The molecule has 0 N–H and O–H groups in total. The molecule has 6 heteroatoms. The van der Waals surface area contributed by atoms with E-state index in [0.717, 1.165) is 37.3 Å². The van der Waals surface area contributed by atoms with Crippen LogP contribution in [0.15, 0.2) is 24.3 Å². The first kappa shape index (κ1) is 18.5. The summed E-state index contributed by atoms with van der Waals surface area (Å²) in [4.78, 5) is 0. The molecule has 25 heavy (non-hydrogen) atoms. The normalized spacial score (nSPS) is 22.8. The molecule has 0 bridgehead atoms. The Morgan fingerprint density at radius 1 is 1.00 bits per heavy atom. The fourth-order valence-electron chi connectivity index (χ4n) is 3.27. The molecule has 3 rings (SSSR count). The molecule has 1 aliphatic heterocycles. The Hall–Kier alpha value is -1.27. The molecule has 0 radical (unpaired) electrons. The van der Waals surface area contributed by atoms with Crippen molar-refractivity contribution < 1.29 is 22.5 Å². The molecule has 1 aromatic rings. The van der Waals surface area contributed by atoms with Gasteiger partial charge in [0.25, 0.3) is 0 Å². The second kappa shape index (κ2) is 6.17. The summed E-state index contributed by atoms with van der Waals surface area (Å²) in [7, 11) is -0.662. The van der Waals surface area contributed by atoms with Crippen molar-refractivity contribution in [2.24, 2.45) is 0 Å². The lowest BCUT2D eigenvalue weighted by Crippen LogP contribution is -2.41. The fraction of sp³-hybridized carbons (Fsp3) is 0.579. The second-order valence-corrected chi connectivity index (χ2v) is 7.86. The van der Waals surface area contributed by atoms with E-state index in [1.165, 1.54) is 12.1 Å². The second-order valence-electron chi connectivity index (χ2n) is 7.86. The Morgan fingerprint density at radius 2 is 1.64 bits per heavy atom. The van der Waals surface area contributed by atoms with Crippen LogP contribution in [0.5, 0.6) is 0 Å². The molecule has 2 aliphatic rings. The Kier molecular flexibility index (Phi) is 4.57. The molecule has 1 saturated heterocycles. The van der Waals surface area contributed by atoms with Crippen molar-refractivity contribution in [2.75, 3.05) is 0 Å². The van der Waals surface area contributed by atoms with Crippen LogP contribution in [0.2, 0.25) is 0 Å². The van der Waals surface area contributed by atoms with E-state index in [1.54, 1.807) is 0 Å². The zero-order chi connectivity index (χ0) is 18.5. The van der Waals surface area contributed by atoms with Gasteiger partial charge in [-0.05, 0) is 76.0 Å². The van der Waals surface area contributed by atoms with Crippen LogP contribution in [0.25, 0.3) is 5.57 Å². The average molecular weight is 352 g/mol. The molecule has 0 unspecified atom stereocenters. The molecule has 2 nitrogen and oxygen atoms in total. The maximum absolute atomic E-state index is 13.2. The third-order valence-corrected chi connectivity index (χ3v) is 5.52. The van der Waals surface area contributed by atoms with Crippen molar-refractivity contribution >= 4 is 18.2 Å².